The summed E-state index contributed by atoms with van der Waals surface area (Å²) in [6.45, 7) is 7.85. The van der Waals surface area contributed by atoms with Gasteiger partial charge in [-0.25, -0.2) is 4.79 Å². The minimum absolute atomic E-state index is 0.0339. The number of carbonyl (C=O) groups excluding carboxylic acids is 3. The number of hydrogen-bond acceptors (Lipinski definition) is 6. The third-order valence-electron chi connectivity index (χ3n) is 5.52. The van der Waals surface area contributed by atoms with Gasteiger partial charge in [0.15, 0.2) is 0 Å². The Balaban J connectivity index is 1.76. The maximum atomic E-state index is 13.4. The molecule has 0 bridgehead atoms. The average molecular weight is 483 g/mol. The fourth-order valence-corrected chi connectivity index (χ4v) is 3.89. The van der Waals surface area contributed by atoms with Gasteiger partial charge in [-0.2, -0.15) is 0 Å². The highest BCUT2D eigenvalue weighted by molar-refractivity contribution is 5.99. The molecule has 0 fully saturated rings. The number of methoxy groups -OCH3 is 1. The van der Waals surface area contributed by atoms with Crippen molar-refractivity contribution in [1.82, 2.24) is 5.32 Å². The number of nitrogens with one attached hydrogen (secondary N) is 1. The summed E-state index contributed by atoms with van der Waals surface area (Å²) in [5.74, 6) is -0.427. The molecular weight excluding hydrogens is 448 g/mol. The van der Waals surface area contributed by atoms with E-state index in [-0.39, 0.29) is 25.0 Å². The molecular formula is C27H34N2O6. The predicted octanol–water partition coefficient (Wildman–Crippen LogP) is 4.25. The van der Waals surface area contributed by atoms with E-state index in [4.69, 9.17) is 14.2 Å². The molecule has 1 aliphatic rings. The van der Waals surface area contributed by atoms with Gasteiger partial charge in [0.25, 0.3) is 0 Å². The van der Waals surface area contributed by atoms with Crippen LogP contribution in [0, 0.1) is 5.92 Å². The number of fused-ring (bicyclic) bond motifs is 1. The summed E-state index contributed by atoms with van der Waals surface area (Å²) in [4.78, 5) is 39.0. The molecule has 2 aromatic carbocycles. The zero-order valence-electron chi connectivity index (χ0n) is 21.0. The topological polar surface area (TPSA) is 94.2 Å². The van der Waals surface area contributed by atoms with E-state index in [1.54, 1.807) is 25.7 Å². The van der Waals surface area contributed by atoms with Crippen LogP contribution >= 0.6 is 0 Å². The van der Waals surface area contributed by atoms with Crippen LogP contribution in [0.5, 0.6) is 5.75 Å². The van der Waals surface area contributed by atoms with Crippen LogP contribution in [-0.2, 0) is 32.0 Å². The van der Waals surface area contributed by atoms with Crippen LogP contribution in [-0.4, -0.2) is 43.3 Å². The Morgan fingerprint density at radius 3 is 2.51 bits per heavy atom. The van der Waals surface area contributed by atoms with E-state index in [9.17, 15) is 14.4 Å². The molecule has 3 rings (SSSR count). The Morgan fingerprint density at radius 2 is 1.86 bits per heavy atom. The van der Waals surface area contributed by atoms with Crippen LogP contribution in [0.25, 0.3) is 0 Å². The fraction of sp³-hybridized carbons (Fsp3) is 0.444. The van der Waals surface area contributed by atoms with E-state index >= 15 is 0 Å². The average Bonchev–Trinajstić information content (AvgIpc) is 2.79. The lowest BCUT2D eigenvalue weighted by Crippen LogP contribution is -2.42. The first-order valence-electron chi connectivity index (χ1n) is 11.7. The van der Waals surface area contributed by atoms with E-state index < -0.39 is 23.6 Å². The Bertz CT molecular complexity index is 1050. The van der Waals surface area contributed by atoms with E-state index in [0.717, 1.165) is 16.8 Å². The van der Waals surface area contributed by atoms with Crippen LogP contribution in [0.3, 0.4) is 0 Å². The molecule has 1 aliphatic heterocycles. The normalized spacial score (nSPS) is 16.2. The van der Waals surface area contributed by atoms with Crippen molar-refractivity contribution in [2.24, 2.45) is 5.92 Å². The quantitative estimate of drug-likeness (QED) is 0.566. The summed E-state index contributed by atoms with van der Waals surface area (Å²) < 4.78 is 16.0. The zero-order chi connectivity index (χ0) is 25.6. The second-order valence-corrected chi connectivity index (χ2v) is 9.74. The molecule has 35 heavy (non-hydrogen) atoms. The molecule has 0 aromatic heterocycles. The van der Waals surface area contributed by atoms with Gasteiger partial charge >= 0.3 is 12.1 Å². The largest absolute Gasteiger partial charge is 0.491 e. The number of carbonyl (C=O) groups is 3. The fourth-order valence-electron chi connectivity index (χ4n) is 3.89. The number of alkyl carbamates (subject to hydrolysis) is 1. The van der Waals surface area contributed by atoms with Crippen molar-refractivity contribution in [3.63, 3.8) is 0 Å². The standard InChI is InChI=1S/C27H34N2O6/c1-18(28-26(32)35-27(2,3)4)17-34-22-12-11-20-13-21(14-24(30)33-5)25(31)29(23(20)15-22)16-19-9-7-6-8-10-19/h6-12,15,18,21H,13-14,16-17H2,1-5H3,(H,28,32). The number of hydrogen-bond donors (Lipinski definition) is 1. The third-order valence-corrected chi connectivity index (χ3v) is 5.52. The number of benzene rings is 2. The lowest BCUT2D eigenvalue weighted by atomic mass is 9.89. The van der Waals surface area contributed by atoms with Crippen molar-refractivity contribution < 1.29 is 28.6 Å². The van der Waals surface area contributed by atoms with Gasteiger partial charge in [-0.1, -0.05) is 36.4 Å². The maximum Gasteiger partial charge on any atom is 0.407 e. The van der Waals surface area contributed by atoms with Crippen molar-refractivity contribution in [2.75, 3.05) is 18.6 Å². The van der Waals surface area contributed by atoms with Crippen LogP contribution in [0.4, 0.5) is 10.5 Å². The highest BCUT2D eigenvalue weighted by Gasteiger charge is 2.34. The van der Waals surface area contributed by atoms with Crippen molar-refractivity contribution >= 4 is 23.7 Å². The van der Waals surface area contributed by atoms with Crippen LogP contribution < -0.4 is 15.0 Å². The predicted molar refractivity (Wildman–Crippen MR) is 132 cm³/mol. The summed E-state index contributed by atoms with van der Waals surface area (Å²) in [7, 11) is 1.33. The van der Waals surface area contributed by atoms with Gasteiger partial charge in [-0.3, -0.25) is 9.59 Å². The van der Waals surface area contributed by atoms with Crippen LogP contribution in [0.15, 0.2) is 48.5 Å². The van der Waals surface area contributed by atoms with Crippen molar-refractivity contribution in [3.8, 4) is 5.75 Å². The van der Waals surface area contributed by atoms with E-state index in [0.29, 0.717) is 18.7 Å². The summed E-state index contributed by atoms with van der Waals surface area (Å²) in [5.41, 5.74) is 2.11. The molecule has 8 nitrogen and oxygen atoms in total. The lowest BCUT2D eigenvalue weighted by molar-refractivity contribution is -0.143. The first kappa shape index (κ1) is 26.1. The number of rotatable bonds is 8. The van der Waals surface area contributed by atoms with E-state index in [1.165, 1.54) is 7.11 Å². The molecule has 0 saturated carbocycles. The van der Waals surface area contributed by atoms with Gasteiger partial charge < -0.3 is 24.4 Å². The number of esters is 1. The Labute approximate surface area is 206 Å². The van der Waals surface area contributed by atoms with Gasteiger partial charge in [-0.15, -0.1) is 0 Å². The van der Waals surface area contributed by atoms with Gasteiger partial charge in [-0.05, 0) is 51.3 Å². The minimum Gasteiger partial charge on any atom is -0.491 e. The van der Waals surface area contributed by atoms with Crippen molar-refractivity contribution in [2.45, 2.75) is 58.7 Å². The molecule has 2 aromatic rings. The van der Waals surface area contributed by atoms with Gasteiger partial charge in [0.1, 0.15) is 18.0 Å². The molecule has 0 spiro atoms. The second-order valence-electron chi connectivity index (χ2n) is 9.74. The Kier molecular flexibility index (Phi) is 8.38. The minimum atomic E-state index is -0.580. The molecule has 2 unspecified atom stereocenters. The number of anilines is 1. The molecule has 8 heteroatoms. The Hall–Kier alpha value is -3.55. The SMILES string of the molecule is COC(=O)CC1Cc2ccc(OCC(C)NC(=O)OC(C)(C)C)cc2N(Cc2ccccc2)C1=O. The smallest absolute Gasteiger partial charge is 0.407 e. The monoisotopic (exact) mass is 482 g/mol. The summed E-state index contributed by atoms with van der Waals surface area (Å²) in [5, 5.41) is 2.75. The molecule has 0 saturated heterocycles. The van der Waals surface area contributed by atoms with E-state index in [2.05, 4.69) is 5.32 Å². The molecule has 2 amide bonds. The van der Waals surface area contributed by atoms with Gasteiger partial charge in [0.2, 0.25) is 5.91 Å². The molecule has 1 heterocycles. The second kappa shape index (κ2) is 11.3. The summed E-state index contributed by atoms with van der Waals surface area (Å²) in [6.07, 6.45) is -0.0206. The van der Waals surface area contributed by atoms with Gasteiger partial charge in [0.05, 0.1) is 37.7 Å². The highest BCUT2D eigenvalue weighted by Crippen LogP contribution is 2.36. The van der Waals surface area contributed by atoms with Crippen LogP contribution in [0.2, 0.25) is 0 Å². The summed E-state index contributed by atoms with van der Waals surface area (Å²) >= 11 is 0. The Morgan fingerprint density at radius 1 is 1.14 bits per heavy atom. The lowest BCUT2D eigenvalue weighted by Gasteiger charge is -2.34. The van der Waals surface area contributed by atoms with Crippen LogP contribution in [0.1, 0.15) is 45.2 Å². The highest BCUT2D eigenvalue weighted by atomic mass is 16.6. The maximum absolute atomic E-state index is 13.4. The van der Waals surface area contributed by atoms with Crippen molar-refractivity contribution in [3.05, 3.63) is 59.7 Å². The van der Waals surface area contributed by atoms with Gasteiger partial charge in [0, 0.05) is 6.07 Å². The molecule has 0 radical (unpaired) electrons. The van der Waals surface area contributed by atoms with E-state index in [1.807, 2.05) is 55.5 Å². The number of amides is 2. The summed E-state index contributed by atoms with van der Waals surface area (Å²) in [6, 6.07) is 15.0. The number of nitrogens with zero attached hydrogens (tertiary/aromatic N) is 1. The number of ether oxygens (including phenoxy) is 3. The first-order valence-corrected chi connectivity index (χ1v) is 11.7. The third kappa shape index (κ3) is 7.47. The zero-order valence-corrected chi connectivity index (χ0v) is 21.0. The molecule has 0 aliphatic carbocycles. The van der Waals surface area contributed by atoms with Crippen molar-refractivity contribution in [1.29, 1.82) is 0 Å². The molecule has 2 atom stereocenters. The molecule has 1 N–H and O–H groups in total. The first-order chi connectivity index (χ1) is 16.6. The molecule has 188 valence electrons.